The Kier molecular flexibility index (Phi) is 6.78. The van der Waals surface area contributed by atoms with E-state index in [-0.39, 0.29) is 13.0 Å². The van der Waals surface area contributed by atoms with Crippen molar-refractivity contribution in [3.63, 3.8) is 0 Å². The number of hydrogen-bond donors (Lipinski definition) is 1. The minimum absolute atomic E-state index is 0.0425. The first-order valence-corrected chi connectivity index (χ1v) is 6.79. The maximum absolute atomic E-state index is 12.0. The van der Waals surface area contributed by atoms with Crippen LogP contribution in [-0.4, -0.2) is 24.3 Å². The number of rotatable bonds is 8. The number of ether oxygens (including phenoxy) is 1. The molecule has 6 heteroatoms. The predicted molar refractivity (Wildman–Crippen MR) is 71.8 cm³/mol. The van der Waals surface area contributed by atoms with E-state index >= 15 is 0 Å². The van der Waals surface area contributed by atoms with Gasteiger partial charge in [-0.3, -0.25) is 4.98 Å². The lowest BCUT2D eigenvalue weighted by Crippen LogP contribution is -2.16. The molecular formula is C14H21F3N2O. The van der Waals surface area contributed by atoms with Gasteiger partial charge in [0.15, 0.2) is 0 Å². The van der Waals surface area contributed by atoms with Gasteiger partial charge in [0.25, 0.3) is 0 Å². The van der Waals surface area contributed by atoms with Crippen LogP contribution in [-0.2, 0) is 6.54 Å². The van der Waals surface area contributed by atoms with Gasteiger partial charge in [0, 0.05) is 18.7 Å². The molecule has 1 rings (SSSR count). The first kappa shape index (κ1) is 16.8. The number of nitrogens with one attached hydrogen (secondary N) is 1. The van der Waals surface area contributed by atoms with Crippen LogP contribution in [0.25, 0.3) is 0 Å². The van der Waals surface area contributed by atoms with Crippen LogP contribution >= 0.6 is 0 Å². The minimum Gasteiger partial charge on any atom is -0.492 e. The second-order valence-electron chi connectivity index (χ2n) is 4.64. The van der Waals surface area contributed by atoms with Gasteiger partial charge in [0.2, 0.25) is 0 Å². The Balaban J connectivity index is 2.51. The smallest absolute Gasteiger partial charge is 0.389 e. The van der Waals surface area contributed by atoms with Crippen LogP contribution in [0.3, 0.4) is 0 Å². The summed E-state index contributed by atoms with van der Waals surface area (Å²) in [6.45, 7) is 5.40. The summed E-state index contributed by atoms with van der Waals surface area (Å²) < 4.78 is 41.5. The van der Waals surface area contributed by atoms with Gasteiger partial charge in [-0.05, 0) is 38.4 Å². The van der Waals surface area contributed by atoms with E-state index < -0.39 is 12.6 Å². The summed E-state index contributed by atoms with van der Waals surface area (Å²) >= 11 is 0. The minimum atomic E-state index is -4.12. The Bertz CT molecular complexity index is 408. The van der Waals surface area contributed by atoms with Crippen molar-refractivity contribution in [2.24, 2.45) is 0 Å². The van der Waals surface area contributed by atoms with Gasteiger partial charge < -0.3 is 10.1 Å². The molecule has 0 fully saturated rings. The fraction of sp³-hybridized carbons (Fsp3) is 0.643. The summed E-state index contributed by atoms with van der Waals surface area (Å²) in [5, 5.41) is 3.21. The number of aromatic nitrogens is 1. The highest BCUT2D eigenvalue weighted by Crippen LogP contribution is 2.22. The van der Waals surface area contributed by atoms with Crippen LogP contribution in [0.5, 0.6) is 5.75 Å². The van der Waals surface area contributed by atoms with Crippen molar-refractivity contribution in [1.82, 2.24) is 10.3 Å². The van der Waals surface area contributed by atoms with Gasteiger partial charge in [0.1, 0.15) is 5.75 Å². The van der Waals surface area contributed by atoms with Gasteiger partial charge in [-0.25, -0.2) is 0 Å². The zero-order valence-electron chi connectivity index (χ0n) is 11.9. The second-order valence-corrected chi connectivity index (χ2v) is 4.64. The van der Waals surface area contributed by atoms with Crippen molar-refractivity contribution < 1.29 is 17.9 Å². The summed E-state index contributed by atoms with van der Waals surface area (Å²) in [5.41, 5.74) is 1.60. The fourth-order valence-electron chi connectivity index (χ4n) is 1.69. The zero-order chi connectivity index (χ0) is 15.0. The molecule has 0 aromatic carbocycles. The Labute approximate surface area is 117 Å². The molecule has 1 N–H and O–H groups in total. The van der Waals surface area contributed by atoms with E-state index in [0.717, 1.165) is 24.4 Å². The first-order chi connectivity index (χ1) is 9.42. The van der Waals surface area contributed by atoms with Gasteiger partial charge in [-0.1, -0.05) is 6.92 Å². The lowest BCUT2D eigenvalue weighted by atomic mass is 10.2. The zero-order valence-corrected chi connectivity index (χ0v) is 11.9. The Morgan fingerprint density at radius 2 is 2.05 bits per heavy atom. The van der Waals surface area contributed by atoms with Crippen LogP contribution < -0.4 is 10.1 Å². The Morgan fingerprint density at radius 1 is 1.30 bits per heavy atom. The topological polar surface area (TPSA) is 34.2 Å². The highest BCUT2D eigenvalue weighted by Gasteiger charge is 2.26. The van der Waals surface area contributed by atoms with Gasteiger partial charge >= 0.3 is 6.18 Å². The molecule has 0 aliphatic carbocycles. The van der Waals surface area contributed by atoms with Crippen molar-refractivity contribution in [1.29, 1.82) is 0 Å². The molecule has 1 aromatic heterocycles. The van der Waals surface area contributed by atoms with Gasteiger partial charge in [-0.15, -0.1) is 0 Å². The van der Waals surface area contributed by atoms with Crippen LogP contribution in [0.4, 0.5) is 13.2 Å². The third kappa shape index (κ3) is 6.75. The molecule has 1 heterocycles. The van der Waals surface area contributed by atoms with E-state index in [1.807, 2.05) is 6.92 Å². The number of hydrogen-bond acceptors (Lipinski definition) is 3. The van der Waals surface area contributed by atoms with Crippen LogP contribution in [0.2, 0.25) is 0 Å². The second kappa shape index (κ2) is 8.09. The molecular weight excluding hydrogens is 269 g/mol. The maximum atomic E-state index is 12.0. The standard InChI is InChI=1S/C14H21F3N2O/c1-3-8-18-10-12-13(6-5-11(2)19-12)20-9-4-7-14(15,16)17/h5-6,18H,3-4,7-10H2,1-2H3. The number of halogens is 3. The molecule has 0 bridgehead atoms. The molecule has 0 spiro atoms. The third-order valence-corrected chi connectivity index (χ3v) is 2.65. The molecule has 0 amide bonds. The lowest BCUT2D eigenvalue weighted by molar-refractivity contribution is -0.136. The molecule has 0 radical (unpaired) electrons. The maximum Gasteiger partial charge on any atom is 0.389 e. The van der Waals surface area contributed by atoms with Crippen LogP contribution in [0.1, 0.15) is 37.6 Å². The fourth-order valence-corrected chi connectivity index (χ4v) is 1.69. The van der Waals surface area contributed by atoms with E-state index in [4.69, 9.17) is 4.74 Å². The third-order valence-electron chi connectivity index (χ3n) is 2.65. The lowest BCUT2D eigenvalue weighted by Gasteiger charge is -2.12. The Hall–Kier alpha value is -1.30. The quantitative estimate of drug-likeness (QED) is 0.743. The summed E-state index contributed by atoms with van der Waals surface area (Å²) in [4.78, 5) is 4.36. The van der Waals surface area contributed by atoms with Crippen molar-refractivity contribution in [2.75, 3.05) is 13.2 Å². The van der Waals surface area contributed by atoms with Crippen molar-refractivity contribution in [2.45, 2.75) is 45.8 Å². The van der Waals surface area contributed by atoms with E-state index in [1.54, 1.807) is 12.1 Å². The van der Waals surface area contributed by atoms with Gasteiger partial charge in [-0.2, -0.15) is 13.2 Å². The molecule has 0 saturated carbocycles. The summed E-state index contributed by atoms with van der Waals surface area (Å²) in [5.74, 6) is 0.557. The molecule has 0 atom stereocenters. The molecule has 0 aliphatic rings. The molecule has 114 valence electrons. The van der Waals surface area contributed by atoms with E-state index in [0.29, 0.717) is 12.3 Å². The van der Waals surface area contributed by atoms with Crippen LogP contribution in [0, 0.1) is 6.92 Å². The molecule has 20 heavy (non-hydrogen) atoms. The van der Waals surface area contributed by atoms with E-state index in [9.17, 15) is 13.2 Å². The molecule has 0 aliphatic heterocycles. The molecule has 0 saturated heterocycles. The Morgan fingerprint density at radius 3 is 2.70 bits per heavy atom. The highest BCUT2D eigenvalue weighted by molar-refractivity contribution is 5.29. The normalized spacial score (nSPS) is 11.7. The van der Waals surface area contributed by atoms with Gasteiger partial charge in [0.05, 0.1) is 12.3 Å². The average Bonchev–Trinajstić information content (AvgIpc) is 2.36. The SMILES string of the molecule is CCCNCc1nc(C)ccc1OCCCC(F)(F)F. The largest absolute Gasteiger partial charge is 0.492 e. The number of pyridine rings is 1. The summed E-state index contributed by atoms with van der Waals surface area (Å²) in [6, 6.07) is 3.56. The number of alkyl halides is 3. The average molecular weight is 290 g/mol. The van der Waals surface area contributed by atoms with E-state index in [1.165, 1.54) is 0 Å². The summed E-state index contributed by atoms with van der Waals surface area (Å²) in [6.07, 6.45) is -3.98. The predicted octanol–water partition coefficient (Wildman–Crippen LogP) is 3.61. The van der Waals surface area contributed by atoms with E-state index in [2.05, 4.69) is 17.2 Å². The summed E-state index contributed by atoms with van der Waals surface area (Å²) in [7, 11) is 0. The van der Waals surface area contributed by atoms with Crippen molar-refractivity contribution in [3.05, 3.63) is 23.5 Å². The van der Waals surface area contributed by atoms with Crippen LogP contribution in [0.15, 0.2) is 12.1 Å². The van der Waals surface area contributed by atoms with Crippen molar-refractivity contribution >= 4 is 0 Å². The number of aryl methyl sites for hydroxylation is 1. The number of nitrogens with zero attached hydrogens (tertiary/aromatic N) is 1. The first-order valence-electron chi connectivity index (χ1n) is 6.79. The molecule has 3 nitrogen and oxygen atoms in total. The van der Waals surface area contributed by atoms with Crippen molar-refractivity contribution in [3.8, 4) is 5.75 Å². The molecule has 0 unspecified atom stereocenters. The monoisotopic (exact) mass is 290 g/mol. The highest BCUT2D eigenvalue weighted by atomic mass is 19.4. The molecule has 1 aromatic rings.